The van der Waals surface area contributed by atoms with Crippen LogP contribution < -0.4 is 15.9 Å². The Hall–Kier alpha value is -2.15. The normalized spacial score (nSPS) is 14.8. The molecule has 0 saturated carbocycles. The van der Waals surface area contributed by atoms with Gasteiger partial charge >= 0.3 is 0 Å². The molecule has 3 N–H and O–H groups in total. The minimum Gasteiger partial charge on any atom is -0.484 e. The van der Waals surface area contributed by atoms with E-state index in [9.17, 15) is 4.79 Å². The molecule has 0 atom stereocenters. The second kappa shape index (κ2) is 8.33. The lowest BCUT2D eigenvalue weighted by atomic mass is 10.1. The van der Waals surface area contributed by atoms with Gasteiger partial charge in [-0.15, -0.1) is 0 Å². The number of hydrogen-bond acceptors (Lipinski definition) is 4. The van der Waals surface area contributed by atoms with Gasteiger partial charge in [-0.25, -0.2) is 0 Å². The van der Waals surface area contributed by atoms with E-state index in [1.54, 1.807) is 18.3 Å². The zero-order valence-corrected chi connectivity index (χ0v) is 13.1. The third-order valence-corrected chi connectivity index (χ3v) is 3.43. The molecule has 1 aromatic carbocycles. The maximum Gasteiger partial charge on any atom is 0.260 e. The quantitative estimate of drug-likeness (QED) is 0.485. The Morgan fingerprint density at radius 2 is 2.00 bits per heavy atom. The number of nitrogens with one attached hydrogen (secondary N) is 1. The summed E-state index contributed by atoms with van der Waals surface area (Å²) in [4.78, 5) is 13.9. The van der Waals surface area contributed by atoms with Crippen LogP contribution in [0.4, 0.5) is 0 Å². The first kappa shape index (κ1) is 16.2. The number of hydrogen-bond donors (Lipinski definition) is 2. The highest BCUT2D eigenvalue weighted by Crippen LogP contribution is 2.13. The Bertz CT molecular complexity index is 539. The van der Waals surface area contributed by atoms with Crippen molar-refractivity contribution in [2.24, 2.45) is 10.8 Å². The fourth-order valence-corrected chi connectivity index (χ4v) is 2.25. The van der Waals surface area contributed by atoms with E-state index < -0.39 is 0 Å². The molecule has 0 aromatic heterocycles. The van der Waals surface area contributed by atoms with Crippen LogP contribution in [-0.4, -0.2) is 41.8 Å². The molecule has 1 fully saturated rings. The molecule has 118 valence electrons. The molecule has 1 heterocycles. The van der Waals surface area contributed by atoms with Gasteiger partial charge in [0.1, 0.15) is 5.75 Å². The van der Waals surface area contributed by atoms with Crippen LogP contribution in [0, 0.1) is 0 Å². The molecule has 1 amide bonds. The molecule has 0 aliphatic carbocycles. The standard InChI is InChI=1S/C15H20N4O2S/c16-15(22)18-17-10-12-4-6-13(7-5-12)21-11-14(20)19-8-2-1-3-9-19/h4-7,10H,1-3,8-9,11H2,(H3,16,18,22)/b17-10+. The highest BCUT2D eigenvalue weighted by Gasteiger charge is 2.16. The molecular formula is C15H20N4O2S. The lowest BCUT2D eigenvalue weighted by Gasteiger charge is -2.26. The lowest BCUT2D eigenvalue weighted by molar-refractivity contribution is -0.134. The second-order valence-corrected chi connectivity index (χ2v) is 5.47. The second-order valence-electron chi connectivity index (χ2n) is 5.03. The van der Waals surface area contributed by atoms with Gasteiger partial charge in [-0.2, -0.15) is 5.10 Å². The fourth-order valence-electron chi connectivity index (χ4n) is 2.20. The number of carbonyl (C=O) groups excluding carboxylic acids is 1. The van der Waals surface area contributed by atoms with Gasteiger partial charge in [0.05, 0.1) is 6.21 Å². The number of piperidine rings is 1. The van der Waals surface area contributed by atoms with Gasteiger partial charge in [0.25, 0.3) is 5.91 Å². The van der Waals surface area contributed by atoms with Crippen molar-refractivity contribution in [2.45, 2.75) is 19.3 Å². The number of hydrazone groups is 1. The molecule has 2 rings (SSSR count). The number of benzene rings is 1. The molecule has 0 unspecified atom stereocenters. The molecular weight excluding hydrogens is 300 g/mol. The van der Waals surface area contributed by atoms with Gasteiger partial charge in [-0.3, -0.25) is 10.2 Å². The van der Waals surface area contributed by atoms with Crippen LogP contribution >= 0.6 is 12.2 Å². The summed E-state index contributed by atoms with van der Waals surface area (Å²) in [5.74, 6) is 0.704. The highest BCUT2D eigenvalue weighted by atomic mass is 32.1. The van der Waals surface area contributed by atoms with Crippen LogP contribution in [0.15, 0.2) is 29.4 Å². The maximum absolute atomic E-state index is 12.0. The Balaban J connectivity index is 1.79. The first-order valence-corrected chi connectivity index (χ1v) is 7.65. The highest BCUT2D eigenvalue weighted by molar-refractivity contribution is 7.80. The Labute approximate surface area is 135 Å². The predicted molar refractivity (Wildman–Crippen MR) is 89.9 cm³/mol. The van der Waals surface area contributed by atoms with E-state index in [2.05, 4.69) is 22.7 Å². The number of carbonyl (C=O) groups is 1. The van der Waals surface area contributed by atoms with E-state index in [1.807, 2.05) is 17.0 Å². The topological polar surface area (TPSA) is 80.0 Å². The van der Waals surface area contributed by atoms with Crippen LogP contribution in [0.25, 0.3) is 0 Å². The average molecular weight is 320 g/mol. The van der Waals surface area contributed by atoms with Crippen molar-refractivity contribution in [3.8, 4) is 5.75 Å². The summed E-state index contributed by atoms with van der Waals surface area (Å²) < 4.78 is 5.53. The summed E-state index contributed by atoms with van der Waals surface area (Å²) >= 11 is 4.64. The third kappa shape index (κ3) is 5.33. The monoisotopic (exact) mass is 320 g/mol. The summed E-state index contributed by atoms with van der Waals surface area (Å²) in [6, 6.07) is 7.27. The maximum atomic E-state index is 12.0. The van der Waals surface area contributed by atoms with Gasteiger partial charge in [0, 0.05) is 13.1 Å². The summed E-state index contributed by atoms with van der Waals surface area (Å²) in [7, 11) is 0. The van der Waals surface area contributed by atoms with E-state index >= 15 is 0 Å². The van der Waals surface area contributed by atoms with Gasteiger partial charge in [0.15, 0.2) is 11.7 Å². The van der Waals surface area contributed by atoms with Gasteiger partial charge < -0.3 is 15.4 Å². The molecule has 0 radical (unpaired) electrons. The average Bonchev–Trinajstić information content (AvgIpc) is 2.54. The summed E-state index contributed by atoms with van der Waals surface area (Å²) in [6.45, 7) is 1.76. The van der Waals surface area contributed by atoms with E-state index in [4.69, 9.17) is 10.5 Å². The van der Waals surface area contributed by atoms with Crippen LogP contribution in [0.5, 0.6) is 5.75 Å². The number of nitrogens with two attached hydrogens (primary N) is 1. The summed E-state index contributed by atoms with van der Waals surface area (Å²) in [6.07, 6.45) is 4.97. The Morgan fingerprint density at radius 1 is 1.32 bits per heavy atom. The van der Waals surface area contributed by atoms with E-state index in [0.29, 0.717) is 5.75 Å². The summed E-state index contributed by atoms with van der Waals surface area (Å²) in [5, 5.41) is 3.98. The first-order chi connectivity index (χ1) is 10.6. The molecule has 22 heavy (non-hydrogen) atoms. The van der Waals surface area contributed by atoms with E-state index in [0.717, 1.165) is 31.5 Å². The molecule has 1 aliphatic heterocycles. The third-order valence-electron chi connectivity index (χ3n) is 3.34. The van der Waals surface area contributed by atoms with Gasteiger partial charge in [-0.05, 0) is 61.3 Å². The lowest BCUT2D eigenvalue weighted by Crippen LogP contribution is -2.38. The zero-order valence-electron chi connectivity index (χ0n) is 12.3. The predicted octanol–water partition coefficient (Wildman–Crippen LogP) is 1.24. The van der Waals surface area contributed by atoms with Gasteiger partial charge in [-0.1, -0.05) is 0 Å². The van der Waals surface area contributed by atoms with Crippen molar-refractivity contribution < 1.29 is 9.53 Å². The molecule has 7 heteroatoms. The molecule has 6 nitrogen and oxygen atoms in total. The van der Waals surface area contributed by atoms with Crippen LogP contribution in [0.2, 0.25) is 0 Å². The van der Waals surface area contributed by atoms with Crippen LogP contribution in [0.1, 0.15) is 24.8 Å². The SMILES string of the molecule is NC(=S)N/N=C/c1ccc(OCC(=O)N2CCCCC2)cc1. The molecule has 0 spiro atoms. The number of likely N-dealkylation sites (tertiary alicyclic amines) is 1. The van der Waals surface area contributed by atoms with E-state index in [-0.39, 0.29) is 17.6 Å². The summed E-state index contributed by atoms with van der Waals surface area (Å²) in [5.41, 5.74) is 8.62. The molecule has 0 bridgehead atoms. The fraction of sp³-hybridized carbons (Fsp3) is 0.400. The van der Waals surface area contributed by atoms with Crippen molar-refractivity contribution in [1.82, 2.24) is 10.3 Å². The largest absolute Gasteiger partial charge is 0.484 e. The van der Waals surface area contributed by atoms with Crippen LogP contribution in [0.3, 0.4) is 0 Å². The van der Waals surface area contributed by atoms with Crippen molar-refractivity contribution in [2.75, 3.05) is 19.7 Å². The van der Waals surface area contributed by atoms with E-state index in [1.165, 1.54) is 6.42 Å². The van der Waals surface area contributed by atoms with Crippen molar-refractivity contribution in [1.29, 1.82) is 0 Å². The molecule has 1 aromatic rings. The smallest absolute Gasteiger partial charge is 0.260 e. The zero-order chi connectivity index (χ0) is 15.8. The molecule has 1 aliphatic rings. The Morgan fingerprint density at radius 3 is 2.64 bits per heavy atom. The number of nitrogens with zero attached hydrogens (tertiary/aromatic N) is 2. The number of amides is 1. The van der Waals surface area contributed by atoms with Crippen LogP contribution in [-0.2, 0) is 4.79 Å². The number of thiocarbonyl (C=S) groups is 1. The first-order valence-electron chi connectivity index (χ1n) is 7.24. The minimum absolute atomic E-state index is 0.0472. The van der Waals surface area contributed by atoms with Crippen molar-refractivity contribution in [3.05, 3.63) is 29.8 Å². The van der Waals surface area contributed by atoms with Crippen molar-refractivity contribution in [3.63, 3.8) is 0 Å². The Kier molecular flexibility index (Phi) is 6.14. The molecule has 1 saturated heterocycles. The minimum atomic E-state index is 0.0472. The number of ether oxygens (including phenoxy) is 1. The number of rotatable bonds is 5. The van der Waals surface area contributed by atoms with Gasteiger partial charge in [0.2, 0.25) is 0 Å². The van der Waals surface area contributed by atoms with Crippen molar-refractivity contribution >= 4 is 29.5 Å².